The van der Waals surface area contributed by atoms with E-state index in [0.29, 0.717) is 18.0 Å². The van der Waals surface area contributed by atoms with Crippen LogP contribution in [0.15, 0.2) is 41.3 Å². The van der Waals surface area contributed by atoms with Crippen molar-refractivity contribution in [2.75, 3.05) is 19.3 Å². The molecule has 1 amide bonds. The normalized spacial score (nSPS) is 21.0. The molecule has 1 aliphatic heterocycles. The number of halogens is 1. The van der Waals surface area contributed by atoms with Crippen LogP contribution in [-0.4, -0.2) is 38.6 Å². The Morgan fingerprint density at radius 3 is 2.81 bits per heavy atom. The van der Waals surface area contributed by atoms with E-state index in [4.69, 9.17) is 11.6 Å². The number of hydrogen-bond donors (Lipinski definition) is 0. The monoisotopic (exact) mass is 325 g/mol. The van der Waals surface area contributed by atoms with Crippen LogP contribution in [0, 0.1) is 0 Å². The highest BCUT2D eigenvalue weighted by atomic mass is 35.5. The summed E-state index contributed by atoms with van der Waals surface area (Å²) < 4.78 is 24.2. The lowest BCUT2D eigenvalue weighted by Crippen LogP contribution is -2.28. The van der Waals surface area contributed by atoms with E-state index < -0.39 is 15.7 Å². The van der Waals surface area contributed by atoms with Gasteiger partial charge in [-0.25, -0.2) is 8.42 Å². The van der Waals surface area contributed by atoms with Gasteiger partial charge in [0, 0.05) is 18.6 Å². The van der Waals surface area contributed by atoms with Crippen LogP contribution in [0.3, 0.4) is 0 Å². The zero-order valence-electron chi connectivity index (χ0n) is 11.6. The highest BCUT2D eigenvalue weighted by molar-refractivity contribution is 7.96. The predicted molar refractivity (Wildman–Crippen MR) is 84.6 cm³/mol. The summed E-state index contributed by atoms with van der Waals surface area (Å²) >= 11 is 5.88. The molecule has 6 heteroatoms. The van der Waals surface area contributed by atoms with Crippen LogP contribution < -0.4 is 0 Å². The first-order valence-corrected chi connectivity index (χ1v) is 8.55. The molecule has 2 rings (SSSR count). The minimum Gasteiger partial charge on any atom is -0.341 e. The largest absolute Gasteiger partial charge is 0.341 e. The number of amides is 1. The van der Waals surface area contributed by atoms with Gasteiger partial charge in [0.05, 0.1) is 5.75 Å². The first kappa shape index (κ1) is 15.8. The van der Waals surface area contributed by atoms with Gasteiger partial charge in [0.2, 0.25) is 0 Å². The van der Waals surface area contributed by atoms with Gasteiger partial charge in [0.1, 0.15) is 4.91 Å². The molecule has 0 unspecified atom stereocenters. The molecular weight excluding hydrogens is 310 g/mol. The van der Waals surface area contributed by atoms with Crippen LogP contribution in [0.4, 0.5) is 0 Å². The number of likely N-dealkylation sites (N-methyl/N-ethyl adjacent to an activating group) is 1. The summed E-state index contributed by atoms with van der Waals surface area (Å²) in [5.41, 5.74) is 0.839. The van der Waals surface area contributed by atoms with Gasteiger partial charge in [-0.15, -0.1) is 0 Å². The quantitative estimate of drug-likeness (QED) is 0.785. The minimum atomic E-state index is -3.51. The second kappa shape index (κ2) is 6.45. The highest BCUT2D eigenvalue weighted by Gasteiger charge is 2.29. The Kier molecular flexibility index (Phi) is 4.85. The molecule has 0 saturated carbocycles. The van der Waals surface area contributed by atoms with Crippen molar-refractivity contribution in [2.45, 2.75) is 6.42 Å². The van der Waals surface area contributed by atoms with Crippen molar-refractivity contribution in [3.63, 3.8) is 0 Å². The molecule has 0 radical (unpaired) electrons. The molecule has 1 aromatic rings. The van der Waals surface area contributed by atoms with Crippen LogP contribution in [0.5, 0.6) is 0 Å². The maximum Gasteiger partial charge on any atom is 0.265 e. The average Bonchev–Trinajstić information content (AvgIpc) is 2.50. The number of sulfone groups is 1. The van der Waals surface area contributed by atoms with E-state index in [9.17, 15) is 13.2 Å². The molecule has 1 fully saturated rings. The third-order valence-electron chi connectivity index (χ3n) is 3.18. The van der Waals surface area contributed by atoms with Gasteiger partial charge in [0.15, 0.2) is 9.84 Å². The van der Waals surface area contributed by atoms with Crippen molar-refractivity contribution in [2.24, 2.45) is 0 Å². The van der Waals surface area contributed by atoms with E-state index in [2.05, 4.69) is 0 Å². The number of carbonyl (C=O) groups excluding carboxylic acids is 1. The SMILES string of the molecule is CN1CCCS(=O)(=O)/C(=C/C=C/c2cccc(Cl)c2)C1=O. The lowest BCUT2D eigenvalue weighted by atomic mass is 10.2. The van der Waals surface area contributed by atoms with E-state index >= 15 is 0 Å². The van der Waals surface area contributed by atoms with E-state index in [1.165, 1.54) is 11.0 Å². The first-order chi connectivity index (χ1) is 9.90. The summed E-state index contributed by atoms with van der Waals surface area (Å²) in [7, 11) is -1.90. The Morgan fingerprint density at radius 2 is 2.10 bits per heavy atom. The summed E-state index contributed by atoms with van der Waals surface area (Å²) in [5.74, 6) is -0.455. The summed E-state index contributed by atoms with van der Waals surface area (Å²) in [6, 6.07) is 7.16. The number of nitrogens with zero attached hydrogens (tertiary/aromatic N) is 1. The third kappa shape index (κ3) is 3.95. The average molecular weight is 326 g/mol. The van der Waals surface area contributed by atoms with Gasteiger partial charge < -0.3 is 4.90 Å². The summed E-state index contributed by atoms with van der Waals surface area (Å²) in [5, 5.41) is 0.600. The number of carbonyl (C=O) groups is 1. The number of rotatable bonds is 2. The molecule has 112 valence electrons. The Balaban J connectivity index is 2.30. The highest BCUT2D eigenvalue weighted by Crippen LogP contribution is 2.18. The standard InChI is InChI=1S/C15H16ClNO3S/c1-17-9-4-10-21(19,20)14(15(17)18)8-3-6-12-5-2-7-13(16)11-12/h2-3,5-8,11H,4,9-10H2,1H3/b6-3+,14-8+. The van der Waals surface area contributed by atoms with Gasteiger partial charge in [-0.2, -0.15) is 0 Å². The van der Waals surface area contributed by atoms with E-state index in [-0.39, 0.29) is 10.7 Å². The van der Waals surface area contributed by atoms with Gasteiger partial charge in [-0.3, -0.25) is 4.79 Å². The lowest BCUT2D eigenvalue weighted by Gasteiger charge is -2.13. The summed E-state index contributed by atoms with van der Waals surface area (Å²) in [6.45, 7) is 0.452. The molecule has 0 spiro atoms. The Bertz CT molecular complexity index is 707. The van der Waals surface area contributed by atoms with Crippen LogP contribution >= 0.6 is 11.6 Å². The minimum absolute atomic E-state index is 0.0000809. The van der Waals surface area contributed by atoms with Crippen LogP contribution in [-0.2, 0) is 14.6 Å². The molecule has 4 nitrogen and oxygen atoms in total. The van der Waals surface area contributed by atoms with Crippen LogP contribution in [0.25, 0.3) is 6.08 Å². The van der Waals surface area contributed by atoms with Crippen molar-refractivity contribution in [3.05, 3.63) is 51.9 Å². The molecular formula is C15H16ClNO3S. The van der Waals surface area contributed by atoms with Crippen molar-refractivity contribution in [1.82, 2.24) is 4.90 Å². The molecule has 0 bridgehead atoms. The van der Waals surface area contributed by atoms with E-state index in [1.807, 2.05) is 6.07 Å². The van der Waals surface area contributed by atoms with Crippen molar-refractivity contribution >= 4 is 33.4 Å². The molecule has 21 heavy (non-hydrogen) atoms. The van der Waals surface area contributed by atoms with Gasteiger partial charge >= 0.3 is 0 Å². The Hall–Kier alpha value is -1.59. The summed E-state index contributed by atoms with van der Waals surface area (Å²) in [4.78, 5) is 13.4. The third-order valence-corrected chi connectivity index (χ3v) is 5.23. The van der Waals surface area contributed by atoms with Crippen molar-refractivity contribution in [1.29, 1.82) is 0 Å². The second-order valence-corrected chi connectivity index (χ2v) is 7.36. The maximum atomic E-state index is 12.1. The smallest absolute Gasteiger partial charge is 0.265 e. The zero-order valence-corrected chi connectivity index (χ0v) is 13.2. The van der Waals surface area contributed by atoms with Gasteiger partial charge in [-0.1, -0.05) is 35.9 Å². The zero-order chi connectivity index (χ0) is 15.5. The molecule has 1 aliphatic rings. The van der Waals surface area contributed by atoms with Crippen molar-refractivity contribution in [3.8, 4) is 0 Å². The number of hydrogen-bond acceptors (Lipinski definition) is 3. The number of benzene rings is 1. The molecule has 0 aliphatic carbocycles. The van der Waals surface area contributed by atoms with Gasteiger partial charge in [-0.05, 0) is 30.2 Å². The topological polar surface area (TPSA) is 54.5 Å². The maximum absolute atomic E-state index is 12.1. The number of allylic oxidation sites excluding steroid dienone is 2. The lowest BCUT2D eigenvalue weighted by molar-refractivity contribution is -0.125. The van der Waals surface area contributed by atoms with Gasteiger partial charge in [0.25, 0.3) is 5.91 Å². The molecule has 0 atom stereocenters. The second-order valence-electron chi connectivity index (χ2n) is 4.84. The fourth-order valence-electron chi connectivity index (χ4n) is 2.06. The molecule has 1 saturated heterocycles. The van der Waals surface area contributed by atoms with E-state index in [0.717, 1.165) is 5.56 Å². The fraction of sp³-hybridized carbons (Fsp3) is 0.267. The molecule has 1 heterocycles. The van der Waals surface area contributed by atoms with Crippen molar-refractivity contribution < 1.29 is 13.2 Å². The Labute approximate surface area is 129 Å². The molecule has 1 aromatic carbocycles. The molecule has 0 aromatic heterocycles. The summed E-state index contributed by atoms with van der Waals surface area (Å²) in [6.07, 6.45) is 5.10. The first-order valence-electron chi connectivity index (χ1n) is 6.52. The van der Waals surface area contributed by atoms with E-state index in [1.54, 1.807) is 37.4 Å². The fourth-order valence-corrected chi connectivity index (χ4v) is 3.69. The van der Waals surface area contributed by atoms with Crippen LogP contribution in [0.1, 0.15) is 12.0 Å². The van der Waals surface area contributed by atoms with Crippen LogP contribution in [0.2, 0.25) is 5.02 Å². The molecule has 0 N–H and O–H groups in total. The predicted octanol–water partition coefficient (Wildman–Crippen LogP) is 2.51. The Morgan fingerprint density at radius 1 is 1.33 bits per heavy atom.